The summed E-state index contributed by atoms with van der Waals surface area (Å²) in [5.74, 6) is 0.255. The van der Waals surface area contributed by atoms with Crippen molar-refractivity contribution in [3.05, 3.63) is 0 Å². The molecule has 1 fully saturated rings. The van der Waals surface area contributed by atoms with E-state index in [-0.39, 0.29) is 11.4 Å². The summed E-state index contributed by atoms with van der Waals surface area (Å²) in [5.41, 5.74) is -0.0482. The Morgan fingerprint density at radius 1 is 1.33 bits per heavy atom. The van der Waals surface area contributed by atoms with Gasteiger partial charge in [0.2, 0.25) is 0 Å². The smallest absolute Gasteiger partial charge is 0.143 e. The minimum Gasteiger partial charge on any atom is -0.373 e. The van der Waals surface area contributed by atoms with Crippen molar-refractivity contribution >= 4 is 5.78 Å². The van der Waals surface area contributed by atoms with E-state index in [1.807, 2.05) is 0 Å². The fraction of sp³-hybridized carbons (Fsp3) is 0.917. The van der Waals surface area contributed by atoms with E-state index in [2.05, 4.69) is 25.7 Å². The van der Waals surface area contributed by atoms with Gasteiger partial charge in [0, 0.05) is 13.1 Å². The van der Waals surface area contributed by atoms with E-state index in [0.29, 0.717) is 12.6 Å². The first kappa shape index (κ1) is 12.7. The standard InChI is InChI=1S/C12H23NO2/c1-10(14)9-13-7-5-11(6-8-13)15-12(2,3)4/h11H,5-9H2,1-4H3. The van der Waals surface area contributed by atoms with Gasteiger partial charge in [-0.25, -0.2) is 0 Å². The van der Waals surface area contributed by atoms with Gasteiger partial charge in [0.25, 0.3) is 0 Å². The molecule has 0 radical (unpaired) electrons. The molecule has 0 aromatic heterocycles. The lowest BCUT2D eigenvalue weighted by Gasteiger charge is -2.35. The van der Waals surface area contributed by atoms with Gasteiger partial charge in [-0.05, 0) is 40.5 Å². The number of hydrogen-bond donors (Lipinski definition) is 0. The second-order valence-corrected chi connectivity index (χ2v) is 5.41. The highest BCUT2D eigenvalue weighted by molar-refractivity contribution is 5.77. The molecule has 88 valence electrons. The Labute approximate surface area is 92.8 Å². The van der Waals surface area contributed by atoms with Crippen molar-refractivity contribution in [2.45, 2.75) is 52.2 Å². The zero-order valence-electron chi connectivity index (χ0n) is 10.4. The molecule has 0 saturated carbocycles. The lowest BCUT2D eigenvalue weighted by atomic mass is 10.1. The van der Waals surface area contributed by atoms with Crippen molar-refractivity contribution in [1.82, 2.24) is 4.90 Å². The van der Waals surface area contributed by atoms with E-state index in [0.717, 1.165) is 25.9 Å². The second-order valence-electron chi connectivity index (χ2n) is 5.41. The summed E-state index contributed by atoms with van der Waals surface area (Å²) >= 11 is 0. The molecule has 0 aromatic rings. The van der Waals surface area contributed by atoms with Crippen LogP contribution in [0.4, 0.5) is 0 Å². The highest BCUT2D eigenvalue weighted by Crippen LogP contribution is 2.19. The van der Waals surface area contributed by atoms with Gasteiger partial charge in [-0.2, -0.15) is 0 Å². The average molecular weight is 213 g/mol. The van der Waals surface area contributed by atoms with Crippen LogP contribution < -0.4 is 0 Å². The van der Waals surface area contributed by atoms with E-state index >= 15 is 0 Å². The molecular formula is C12H23NO2. The van der Waals surface area contributed by atoms with E-state index in [9.17, 15) is 4.79 Å². The summed E-state index contributed by atoms with van der Waals surface area (Å²) in [6, 6.07) is 0. The lowest BCUT2D eigenvalue weighted by Crippen LogP contribution is -2.41. The average Bonchev–Trinajstić information content (AvgIpc) is 2.05. The van der Waals surface area contributed by atoms with Crippen LogP contribution in [0.25, 0.3) is 0 Å². The van der Waals surface area contributed by atoms with Crippen molar-refractivity contribution in [2.24, 2.45) is 0 Å². The third-order valence-corrected chi connectivity index (χ3v) is 2.50. The monoisotopic (exact) mass is 213 g/mol. The maximum Gasteiger partial charge on any atom is 0.143 e. The van der Waals surface area contributed by atoms with Gasteiger partial charge in [-0.1, -0.05) is 0 Å². The van der Waals surface area contributed by atoms with Gasteiger partial charge in [-0.3, -0.25) is 9.69 Å². The van der Waals surface area contributed by atoms with Crippen molar-refractivity contribution in [3.63, 3.8) is 0 Å². The van der Waals surface area contributed by atoms with E-state index < -0.39 is 0 Å². The van der Waals surface area contributed by atoms with Crippen LogP contribution in [0.3, 0.4) is 0 Å². The Morgan fingerprint density at radius 3 is 2.27 bits per heavy atom. The zero-order chi connectivity index (χ0) is 11.5. The van der Waals surface area contributed by atoms with Crippen LogP contribution in [0.1, 0.15) is 40.5 Å². The minimum atomic E-state index is -0.0482. The third-order valence-electron chi connectivity index (χ3n) is 2.50. The van der Waals surface area contributed by atoms with Crippen LogP contribution in [-0.4, -0.2) is 42.0 Å². The molecule has 0 amide bonds. The Balaban J connectivity index is 2.27. The number of ketones is 1. The fourth-order valence-electron chi connectivity index (χ4n) is 2.00. The minimum absolute atomic E-state index is 0.0482. The quantitative estimate of drug-likeness (QED) is 0.716. The molecule has 0 spiro atoms. The summed E-state index contributed by atoms with van der Waals surface area (Å²) in [5, 5.41) is 0. The molecule has 1 rings (SSSR count). The third kappa shape index (κ3) is 5.28. The molecular weight excluding hydrogens is 190 g/mol. The van der Waals surface area contributed by atoms with Crippen LogP contribution in [0.2, 0.25) is 0 Å². The number of Topliss-reactive ketones (excluding diaryl/α,β-unsaturated/α-hetero) is 1. The Kier molecular flexibility index (Phi) is 4.29. The maximum absolute atomic E-state index is 10.9. The Hall–Kier alpha value is -0.410. The summed E-state index contributed by atoms with van der Waals surface area (Å²) in [7, 11) is 0. The SMILES string of the molecule is CC(=O)CN1CCC(OC(C)(C)C)CC1. The number of carbonyl (C=O) groups is 1. The van der Waals surface area contributed by atoms with E-state index in [1.54, 1.807) is 6.92 Å². The normalized spacial score (nSPS) is 20.5. The fourth-order valence-corrected chi connectivity index (χ4v) is 2.00. The van der Waals surface area contributed by atoms with Crippen LogP contribution in [0.15, 0.2) is 0 Å². The molecule has 0 N–H and O–H groups in total. The van der Waals surface area contributed by atoms with Gasteiger partial charge >= 0.3 is 0 Å². The summed E-state index contributed by atoms with van der Waals surface area (Å²) in [6.07, 6.45) is 2.46. The van der Waals surface area contributed by atoms with E-state index in [4.69, 9.17) is 4.74 Å². The molecule has 0 unspecified atom stereocenters. The molecule has 1 aliphatic rings. The van der Waals surface area contributed by atoms with Gasteiger partial charge in [0.15, 0.2) is 0 Å². The number of nitrogens with zero attached hydrogens (tertiary/aromatic N) is 1. The van der Waals surface area contributed by atoms with Gasteiger partial charge < -0.3 is 4.74 Å². The number of ether oxygens (including phenoxy) is 1. The maximum atomic E-state index is 10.9. The number of piperidine rings is 1. The first-order valence-corrected chi connectivity index (χ1v) is 5.76. The molecule has 15 heavy (non-hydrogen) atoms. The predicted molar refractivity (Wildman–Crippen MR) is 61.0 cm³/mol. The van der Waals surface area contributed by atoms with Gasteiger partial charge in [-0.15, -0.1) is 0 Å². The second kappa shape index (κ2) is 5.08. The zero-order valence-corrected chi connectivity index (χ0v) is 10.4. The molecule has 3 heteroatoms. The summed E-state index contributed by atoms with van der Waals surface area (Å²) < 4.78 is 5.92. The molecule has 0 aliphatic carbocycles. The number of hydrogen-bond acceptors (Lipinski definition) is 3. The predicted octanol–water partition coefficient (Wildman–Crippen LogP) is 1.85. The topological polar surface area (TPSA) is 29.5 Å². The van der Waals surface area contributed by atoms with Crippen LogP contribution in [-0.2, 0) is 9.53 Å². The van der Waals surface area contributed by atoms with Crippen molar-refractivity contribution in [2.75, 3.05) is 19.6 Å². The van der Waals surface area contributed by atoms with Gasteiger partial charge in [0.05, 0.1) is 18.2 Å². The molecule has 1 saturated heterocycles. The van der Waals surface area contributed by atoms with Crippen molar-refractivity contribution in [1.29, 1.82) is 0 Å². The van der Waals surface area contributed by atoms with Gasteiger partial charge in [0.1, 0.15) is 5.78 Å². The molecule has 3 nitrogen and oxygen atoms in total. The van der Waals surface area contributed by atoms with Crippen LogP contribution in [0.5, 0.6) is 0 Å². The van der Waals surface area contributed by atoms with E-state index in [1.165, 1.54) is 0 Å². The summed E-state index contributed by atoms with van der Waals surface area (Å²) in [6.45, 7) is 10.5. The molecule has 0 aromatic carbocycles. The van der Waals surface area contributed by atoms with Crippen LogP contribution in [0, 0.1) is 0 Å². The molecule has 1 aliphatic heterocycles. The Bertz CT molecular complexity index is 212. The van der Waals surface area contributed by atoms with Crippen molar-refractivity contribution < 1.29 is 9.53 Å². The molecule has 0 atom stereocenters. The largest absolute Gasteiger partial charge is 0.373 e. The number of likely N-dealkylation sites (tertiary alicyclic amines) is 1. The van der Waals surface area contributed by atoms with Crippen molar-refractivity contribution in [3.8, 4) is 0 Å². The highest BCUT2D eigenvalue weighted by Gasteiger charge is 2.24. The first-order valence-electron chi connectivity index (χ1n) is 5.76. The Morgan fingerprint density at radius 2 is 1.87 bits per heavy atom. The molecule has 0 bridgehead atoms. The first-order chi connectivity index (χ1) is 6.87. The lowest BCUT2D eigenvalue weighted by molar-refractivity contribution is -0.120. The van der Waals surface area contributed by atoms with Crippen LogP contribution >= 0.6 is 0 Å². The summed E-state index contributed by atoms with van der Waals surface area (Å²) in [4.78, 5) is 13.2. The highest BCUT2D eigenvalue weighted by atomic mass is 16.5. The number of carbonyl (C=O) groups excluding carboxylic acids is 1. The molecule has 1 heterocycles. The number of rotatable bonds is 3.